The molecule has 0 unspecified atom stereocenters. The van der Waals surface area contributed by atoms with Crippen molar-refractivity contribution in [2.75, 3.05) is 18.6 Å². The first kappa shape index (κ1) is 26.6. The van der Waals surface area contributed by atoms with Crippen LogP contribution in [0.4, 0.5) is 11.4 Å². The molecular formula is C21H26N4O6S. The number of hydrazone groups is 1. The molecule has 1 amide bonds. The van der Waals surface area contributed by atoms with E-state index in [0.717, 1.165) is 11.8 Å². The minimum atomic E-state index is -0.941. The Morgan fingerprint density at radius 2 is 1.97 bits per heavy atom. The number of carboxylic acids is 1. The molecule has 0 aliphatic carbocycles. The molecular weight excluding hydrogens is 436 g/mol. The molecule has 0 fully saturated rings. The Labute approximate surface area is 190 Å². The number of thioether (sulfide) groups is 1. The van der Waals surface area contributed by atoms with Crippen LogP contribution >= 0.6 is 11.8 Å². The first-order valence-electron chi connectivity index (χ1n) is 9.89. The van der Waals surface area contributed by atoms with Crippen LogP contribution in [-0.2, 0) is 14.4 Å². The quantitative estimate of drug-likeness (QED) is 0.240. The van der Waals surface area contributed by atoms with Gasteiger partial charge in [-0.2, -0.15) is 5.10 Å². The van der Waals surface area contributed by atoms with E-state index in [0.29, 0.717) is 29.9 Å². The van der Waals surface area contributed by atoms with Crippen molar-refractivity contribution in [3.05, 3.63) is 57.6 Å². The SMILES string of the molecule is CC.CN(CCCC(=O)O)C(=O)/C(=C/C1=NN(c2ccc([N+](=O)[O-])cc2)C=CC1)SC=O. The number of allylic oxidation sites excluding steroid dienone is 2. The molecule has 1 aliphatic heterocycles. The Bertz CT molecular complexity index is 911. The second kappa shape index (κ2) is 13.8. The number of hydrogen-bond acceptors (Lipinski definition) is 8. The molecule has 2 rings (SSSR count). The number of hydrogen-bond donors (Lipinski definition) is 1. The summed E-state index contributed by atoms with van der Waals surface area (Å²) in [5.41, 5.74) is 1.63. The zero-order valence-corrected chi connectivity index (χ0v) is 18.9. The molecule has 172 valence electrons. The monoisotopic (exact) mass is 462 g/mol. The molecule has 0 spiro atoms. The number of carboxylic acid groups (broad SMARTS) is 1. The van der Waals surface area contributed by atoms with Gasteiger partial charge in [0.1, 0.15) is 0 Å². The summed E-state index contributed by atoms with van der Waals surface area (Å²) in [6.45, 7) is 4.24. The molecule has 11 heteroatoms. The highest BCUT2D eigenvalue weighted by molar-refractivity contribution is 8.16. The van der Waals surface area contributed by atoms with E-state index < -0.39 is 16.8 Å². The maximum absolute atomic E-state index is 12.6. The number of rotatable bonds is 10. The van der Waals surface area contributed by atoms with Crippen LogP contribution in [0.15, 0.2) is 52.6 Å². The second-order valence-electron chi connectivity index (χ2n) is 6.24. The smallest absolute Gasteiger partial charge is 0.303 e. The third kappa shape index (κ3) is 8.34. The number of non-ortho nitro benzene ring substituents is 1. The predicted octanol–water partition coefficient (Wildman–Crippen LogP) is 3.83. The fourth-order valence-corrected chi connectivity index (χ4v) is 3.12. The summed E-state index contributed by atoms with van der Waals surface area (Å²) >= 11 is 0.723. The number of carbonyl (C=O) groups is 3. The topological polar surface area (TPSA) is 133 Å². The molecule has 0 aromatic heterocycles. The number of carbonyl (C=O) groups excluding carboxylic acids is 2. The Morgan fingerprint density at radius 1 is 1.31 bits per heavy atom. The minimum Gasteiger partial charge on any atom is -0.481 e. The molecule has 0 saturated heterocycles. The second-order valence-corrected chi connectivity index (χ2v) is 7.11. The predicted molar refractivity (Wildman–Crippen MR) is 125 cm³/mol. The van der Waals surface area contributed by atoms with Gasteiger partial charge in [-0.3, -0.25) is 24.5 Å². The lowest BCUT2D eigenvalue weighted by Crippen LogP contribution is -2.29. The molecule has 0 bridgehead atoms. The van der Waals surface area contributed by atoms with Crippen LogP contribution in [0.5, 0.6) is 0 Å². The molecule has 0 saturated carbocycles. The molecule has 0 atom stereocenters. The summed E-state index contributed by atoms with van der Waals surface area (Å²) in [5, 5.41) is 25.4. The number of likely N-dealkylation sites (N-methyl/N-ethyl adjacent to an activating group) is 1. The van der Waals surface area contributed by atoms with Crippen LogP contribution in [-0.4, -0.2) is 51.7 Å². The lowest BCUT2D eigenvalue weighted by Gasteiger charge is -2.20. The molecule has 1 aromatic rings. The summed E-state index contributed by atoms with van der Waals surface area (Å²) in [6, 6.07) is 5.85. The highest BCUT2D eigenvalue weighted by Gasteiger charge is 2.18. The highest BCUT2D eigenvalue weighted by atomic mass is 32.2. The van der Waals surface area contributed by atoms with Gasteiger partial charge in [0.05, 0.1) is 21.2 Å². The molecule has 32 heavy (non-hydrogen) atoms. The third-order valence-corrected chi connectivity index (χ3v) is 4.69. The van der Waals surface area contributed by atoms with Crippen molar-refractivity contribution >= 4 is 46.3 Å². The van der Waals surface area contributed by atoms with Gasteiger partial charge < -0.3 is 10.0 Å². The van der Waals surface area contributed by atoms with Gasteiger partial charge in [0.15, 0.2) is 5.62 Å². The van der Waals surface area contributed by atoms with E-state index in [1.165, 1.54) is 35.2 Å². The van der Waals surface area contributed by atoms with Crippen LogP contribution < -0.4 is 5.01 Å². The van der Waals surface area contributed by atoms with Crippen molar-refractivity contribution in [3.8, 4) is 0 Å². The van der Waals surface area contributed by atoms with Crippen molar-refractivity contribution < 1.29 is 24.4 Å². The van der Waals surface area contributed by atoms with Crippen LogP contribution in [0.1, 0.15) is 33.1 Å². The Hall–Kier alpha value is -3.47. The number of nitrogens with zero attached hydrogens (tertiary/aromatic N) is 4. The molecule has 10 nitrogen and oxygen atoms in total. The summed E-state index contributed by atoms with van der Waals surface area (Å²) < 4.78 is 0. The minimum absolute atomic E-state index is 0.0370. The first-order valence-corrected chi connectivity index (χ1v) is 10.8. The molecule has 1 N–H and O–H groups in total. The number of aliphatic carboxylic acids is 1. The van der Waals surface area contributed by atoms with Gasteiger partial charge in [0, 0.05) is 44.8 Å². The van der Waals surface area contributed by atoms with E-state index in [9.17, 15) is 24.5 Å². The van der Waals surface area contributed by atoms with Crippen molar-refractivity contribution in [1.82, 2.24) is 4.90 Å². The molecule has 1 aliphatic rings. The number of benzene rings is 1. The number of nitro groups is 1. The van der Waals surface area contributed by atoms with E-state index in [-0.39, 0.29) is 23.6 Å². The normalized spacial score (nSPS) is 12.9. The van der Waals surface area contributed by atoms with Gasteiger partial charge in [0.2, 0.25) is 0 Å². The van der Waals surface area contributed by atoms with Crippen LogP contribution in [0, 0.1) is 10.1 Å². The lowest BCUT2D eigenvalue weighted by atomic mass is 10.2. The van der Waals surface area contributed by atoms with Crippen LogP contribution in [0.25, 0.3) is 0 Å². The van der Waals surface area contributed by atoms with Gasteiger partial charge >= 0.3 is 5.97 Å². The standard InChI is InChI=1S/C19H20N4O6S.C2H6/c1-21(10-3-5-18(25)26)19(27)17(30-13-24)12-14-4-2-11-22(20-14)15-6-8-16(9-7-15)23(28)29;1-2/h2,6-9,11-13H,3-5,10H2,1H3,(H,25,26);1-2H3/b17-12-;. The van der Waals surface area contributed by atoms with E-state index in [4.69, 9.17) is 5.11 Å². The molecule has 0 radical (unpaired) electrons. The summed E-state index contributed by atoms with van der Waals surface area (Å²) in [7, 11) is 1.54. The number of anilines is 1. The molecule has 1 aromatic carbocycles. The summed E-state index contributed by atoms with van der Waals surface area (Å²) in [4.78, 5) is 46.1. The van der Waals surface area contributed by atoms with E-state index in [1.807, 2.05) is 19.9 Å². The largest absolute Gasteiger partial charge is 0.481 e. The van der Waals surface area contributed by atoms with Crippen molar-refractivity contribution in [2.45, 2.75) is 33.1 Å². The average Bonchev–Trinajstić information content (AvgIpc) is 2.79. The average molecular weight is 463 g/mol. The van der Waals surface area contributed by atoms with Gasteiger partial charge in [-0.05, 0) is 36.4 Å². The highest BCUT2D eigenvalue weighted by Crippen LogP contribution is 2.23. The lowest BCUT2D eigenvalue weighted by molar-refractivity contribution is -0.384. The Kier molecular flexibility index (Phi) is 11.4. The van der Waals surface area contributed by atoms with Gasteiger partial charge in [-0.1, -0.05) is 19.9 Å². The maximum Gasteiger partial charge on any atom is 0.303 e. The summed E-state index contributed by atoms with van der Waals surface area (Å²) in [5.74, 6) is -1.35. The van der Waals surface area contributed by atoms with Crippen LogP contribution in [0.2, 0.25) is 0 Å². The van der Waals surface area contributed by atoms with E-state index in [1.54, 1.807) is 18.3 Å². The van der Waals surface area contributed by atoms with Gasteiger partial charge in [-0.15, -0.1) is 0 Å². The van der Waals surface area contributed by atoms with Crippen LogP contribution in [0.3, 0.4) is 0 Å². The number of amides is 1. The number of nitro benzene ring substituents is 1. The van der Waals surface area contributed by atoms with E-state index in [2.05, 4.69) is 5.10 Å². The van der Waals surface area contributed by atoms with Crippen molar-refractivity contribution in [2.24, 2.45) is 5.10 Å². The van der Waals surface area contributed by atoms with Crippen molar-refractivity contribution in [3.63, 3.8) is 0 Å². The van der Waals surface area contributed by atoms with Gasteiger partial charge in [-0.25, -0.2) is 5.01 Å². The summed E-state index contributed by atoms with van der Waals surface area (Å²) in [6.07, 6.45) is 5.70. The zero-order chi connectivity index (χ0) is 24.1. The zero-order valence-electron chi connectivity index (χ0n) is 18.1. The Morgan fingerprint density at radius 3 is 2.53 bits per heavy atom. The first-order chi connectivity index (χ1) is 15.3. The maximum atomic E-state index is 12.6. The fourth-order valence-electron chi connectivity index (χ4n) is 2.55. The third-order valence-electron chi connectivity index (χ3n) is 4.05. The van der Waals surface area contributed by atoms with Crippen molar-refractivity contribution in [1.29, 1.82) is 0 Å². The fraction of sp³-hybridized carbons (Fsp3) is 0.333. The van der Waals surface area contributed by atoms with E-state index >= 15 is 0 Å². The van der Waals surface area contributed by atoms with Gasteiger partial charge in [0.25, 0.3) is 11.6 Å². The Balaban J connectivity index is 0.00000249. The molecule has 1 heterocycles.